The van der Waals surface area contributed by atoms with Gasteiger partial charge in [0.25, 0.3) is 6.71 Å². The van der Waals surface area contributed by atoms with Crippen LogP contribution < -0.4 is 26.2 Å². The molecule has 2 fully saturated rings. The standard InChI is InChI=1S/C65H75BN2/c1-40-32-56-58-57(33-40)68-59-52(64(12)30-18-19-31-65(64,68)13)37-45(61(6,7)8)38-54(59)66(58)53-27-22-42(34-43-23-24-44(60(3,4)5)36-51(43)63(11)29-17-16-28-62(63,9)10)35-55(53)67(56)46-25-26-48-41(2)47-20-14-15-21-49(47)50(48)39-46/h14-15,20-27,32-33,35-39,41H,16-19,28-31,34H2,1-13H3. The van der Waals surface area contributed by atoms with E-state index in [-0.39, 0.29) is 39.3 Å². The van der Waals surface area contributed by atoms with Crippen molar-refractivity contribution in [2.45, 2.75) is 181 Å². The summed E-state index contributed by atoms with van der Waals surface area (Å²) in [7, 11) is 0. The third kappa shape index (κ3) is 6.02. The third-order valence-electron chi connectivity index (χ3n) is 19.8. The number of benzene rings is 6. The van der Waals surface area contributed by atoms with Crippen LogP contribution in [0.3, 0.4) is 0 Å². The van der Waals surface area contributed by atoms with Crippen LogP contribution in [0.15, 0.2) is 103 Å². The zero-order valence-corrected chi connectivity index (χ0v) is 43.7. The molecule has 6 aromatic rings. The molecule has 0 bridgehead atoms. The molecule has 0 spiro atoms. The second kappa shape index (κ2) is 14.5. The maximum absolute atomic E-state index is 2.90. The van der Waals surface area contributed by atoms with Gasteiger partial charge in [0, 0.05) is 39.8 Å². The van der Waals surface area contributed by atoms with Gasteiger partial charge in [0.2, 0.25) is 0 Å². The molecule has 6 aromatic carbocycles. The van der Waals surface area contributed by atoms with Crippen molar-refractivity contribution in [3.63, 3.8) is 0 Å². The van der Waals surface area contributed by atoms with E-state index in [1.54, 1.807) is 11.1 Å². The van der Waals surface area contributed by atoms with Gasteiger partial charge in [0.15, 0.2) is 0 Å². The minimum Gasteiger partial charge on any atom is -0.335 e. The molecule has 4 atom stereocenters. The molecule has 0 aromatic heterocycles. The fourth-order valence-electron chi connectivity index (χ4n) is 15.0. The van der Waals surface area contributed by atoms with E-state index < -0.39 is 0 Å². The normalized spacial score (nSPS) is 25.1. The molecule has 2 saturated carbocycles. The van der Waals surface area contributed by atoms with Crippen LogP contribution in [0, 0.1) is 12.3 Å². The lowest BCUT2D eigenvalue weighted by Gasteiger charge is -2.53. The van der Waals surface area contributed by atoms with Crippen LogP contribution in [-0.2, 0) is 28.1 Å². The van der Waals surface area contributed by atoms with Gasteiger partial charge in [-0.15, -0.1) is 0 Å². The number of hydrogen-bond acceptors (Lipinski definition) is 2. The molecule has 0 N–H and O–H groups in total. The van der Waals surface area contributed by atoms with Crippen LogP contribution in [0.1, 0.15) is 190 Å². The zero-order valence-electron chi connectivity index (χ0n) is 43.7. The highest BCUT2D eigenvalue weighted by Gasteiger charge is 2.61. The summed E-state index contributed by atoms with van der Waals surface area (Å²) in [5.74, 6) is 0.380. The lowest BCUT2D eigenvalue weighted by atomic mass is 9.33. The maximum Gasteiger partial charge on any atom is 0.252 e. The molecule has 3 heterocycles. The Bertz CT molecular complexity index is 3100. The fraction of sp³-hybridized carbons (Fsp3) is 0.446. The average molecular weight is 895 g/mol. The summed E-state index contributed by atoms with van der Waals surface area (Å²) in [6, 6.07) is 42.3. The summed E-state index contributed by atoms with van der Waals surface area (Å²) < 4.78 is 0. The first-order chi connectivity index (χ1) is 32.1. The lowest BCUT2D eigenvalue weighted by Crippen LogP contribution is -2.64. The minimum absolute atomic E-state index is 0.0163. The summed E-state index contributed by atoms with van der Waals surface area (Å²) in [6.45, 7) is 32.2. The van der Waals surface area contributed by atoms with E-state index in [1.165, 1.54) is 146 Å². The van der Waals surface area contributed by atoms with Gasteiger partial charge in [0.05, 0.1) is 5.54 Å². The second-order valence-corrected chi connectivity index (χ2v) is 26.0. The van der Waals surface area contributed by atoms with Crippen molar-refractivity contribution in [2.24, 2.45) is 5.41 Å². The topological polar surface area (TPSA) is 6.48 Å². The van der Waals surface area contributed by atoms with E-state index in [2.05, 4.69) is 203 Å². The van der Waals surface area contributed by atoms with E-state index >= 15 is 0 Å². The number of aryl methyl sites for hydroxylation is 1. The molecule has 348 valence electrons. The molecule has 0 amide bonds. The molecule has 12 rings (SSSR count). The Labute approximate surface area is 410 Å². The first kappa shape index (κ1) is 44.2. The molecule has 2 nitrogen and oxygen atoms in total. The van der Waals surface area contributed by atoms with E-state index in [4.69, 9.17) is 0 Å². The number of fused-ring (bicyclic) bond motifs is 10. The SMILES string of the molecule is Cc1cc2c3c(c1)N1c4c(cc(C(C)(C)C)cc4C4(C)CCCCC14C)B3c1ccc(Cc3ccc(C(C)(C)C)cc3C3(C)CCCCC3(C)C)cc1N2c1ccc2c(c1)-c1ccccc1C2C. The minimum atomic E-state index is -0.0163. The Kier molecular flexibility index (Phi) is 9.44. The predicted molar refractivity (Wildman–Crippen MR) is 293 cm³/mol. The quantitative estimate of drug-likeness (QED) is 0.162. The van der Waals surface area contributed by atoms with Crippen molar-refractivity contribution in [1.29, 1.82) is 0 Å². The van der Waals surface area contributed by atoms with Gasteiger partial charge in [-0.25, -0.2) is 0 Å². The summed E-state index contributed by atoms with van der Waals surface area (Å²) in [4.78, 5) is 5.61. The number of anilines is 5. The number of rotatable bonds is 4. The van der Waals surface area contributed by atoms with Gasteiger partial charge in [0.1, 0.15) is 0 Å². The molecule has 3 aliphatic carbocycles. The Hall–Kier alpha value is -5.02. The van der Waals surface area contributed by atoms with Gasteiger partial charge < -0.3 is 9.80 Å². The average Bonchev–Trinajstić information content (AvgIpc) is 3.69. The Morgan fingerprint density at radius 2 is 1.26 bits per heavy atom. The highest BCUT2D eigenvalue weighted by atomic mass is 15.3. The van der Waals surface area contributed by atoms with Crippen LogP contribution in [0.4, 0.5) is 28.4 Å². The Balaban J connectivity index is 1.11. The first-order valence-electron chi connectivity index (χ1n) is 26.6. The van der Waals surface area contributed by atoms with Crippen molar-refractivity contribution >= 4 is 51.5 Å². The summed E-state index contributed by atoms with van der Waals surface area (Å²) in [6.07, 6.45) is 11.1. The smallest absolute Gasteiger partial charge is 0.252 e. The molecule has 3 heteroatoms. The summed E-state index contributed by atoms with van der Waals surface area (Å²) in [5.41, 5.74) is 27.7. The van der Waals surface area contributed by atoms with E-state index in [9.17, 15) is 0 Å². The van der Waals surface area contributed by atoms with Crippen molar-refractivity contribution < 1.29 is 0 Å². The maximum atomic E-state index is 2.90. The fourth-order valence-corrected chi connectivity index (χ4v) is 15.0. The highest BCUT2D eigenvalue weighted by Crippen LogP contribution is 2.62. The second-order valence-electron chi connectivity index (χ2n) is 26.0. The molecule has 6 aliphatic rings. The lowest BCUT2D eigenvalue weighted by molar-refractivity contribution is 0.108. The predicted octanol–water partition coefficient (Wildman–Crippen LogP) is 15.5. The van der Waals surface area contributed by atoms with Gasteiger partial charge in [-0.3, -0.25) is 0 Å². The van der Waals surface area contributed by atoms with E-state index in [0.717, 1.165) is 6.42 Å². The molecule has 0 saturated heterocycles. The van der Waals surface area contributed by atoms with Crippen LogP contribution in [0.5, 0.6) is 0 Å². The summed E-state index contributed by atoms with van der Waals surface area (Å²) >= 11 is 0. The number of nitrogens with zero attached hydrogens (tertiary/aromatic N) is 2. The highest BCUT2D eigenvalue weighted by molar-refractivity contribution is 7.00. The third-order valence-corrected chi connectivity index (χ3v) is 19.8. The van der Waals surface area contributed by atoms with E-state index in [0.29, 0.717) is 5.92 Å². The van der Waals surface area contributed by atoms with Crippen molar-refractivity contribution in [1.82, 2.24) is 0 Å². The van der Waals surface area contributed by atoms with E-state index in [1.807, 2.05) is 0 Å². The first-order valence-corrected chi connectivity index (χ1v) is 26.6. The zero-order chi connectivity index (χ0) is 47.7. The largest absolute Gasteiger partial charge is 0.335 e. The van der Waals surface area contributed by atoms with Gasteiger partial charge in [-0.1, -0.05) is 175 Å². The van der Waals surface area contributed by atoms with Crippen LogP contribution in [0.2, 0.25) is 0 Å². The Morgan fingerprint density at radius 3 is 2.01 bits per heavy atom. The van der Waals surface area contributed by atoms with Crippen molar-refractivity contribution in [2.75, 3.05) is 9.80 Å². The molecule has 3 aliphatic heterocycles. The van der Waals surface area contributed by atoms with Crippen LogP contribution in [-0.4, -0.2) is 12.3 Å². The number of hydrogen-bond donors (Lipinski definition) is 0. The molecule has 0 radical (unpaired) electrons. The molecule has 68 heavy (non-hydrogen) atoms. The van der Waals surface area contributed by atoms with Gasteiger partial charge in [-0.05, 0) is 176 Å². The van der Waals surface area contributed by atoms with Gasteiger partial charge >= 0.3 is 0 Å². The molecular weight excluding hydrogens is 820 g/mol. The van der Waals surface area contributed by atoms with Crippen molar-refractivity contribution in [3.05, 3.63) is 153 Å². The van der Waals surface area contributed by atoms with Crippen LogP contribution in [0.25, 0.3) is 11.1 Å². The Morgan fingerprint density at radius 1 is 0.588 bits per heavy atom. The van der Waals surface area contributed by atoms with Gasteiger partial charge in [-0.2, -0.15) is 0 Å². The molecular formula is C65H75BN2. The van der Waals surface area contributed by atoms with Crippen molar-refractivity contribution in [3.8, 4) is 11.1 Å². The monoisotopic (exact) mass is 895 g/mol. The summed E-state index contributed by atoms with van der Waals surface area (Å²) in [5, 5.41) is 0. The molecule has 4 unspecified atom stereocenters. The van der Waals surface area contributed by atoms with Crippen LogP contribution >= 0.6 is 0 Å².